The van der Waals surface area contributed by atoms with Crippen LogP contribution in [-0.2, 0) is 9.53 Å². The van der Waals surface area contributed by atoms with E-state index in [0.29, 0.717) is 37.1 Å². The minimum absolute atomic E-state index is 0.157. The van der Waals surface area contributed by atoms with Crippen molar-refractivity contribution in [2.75, 3.05) is 13.4 Å². The van der Waals surface area contributed by atoms with E-state index in [9.17, 15) is 9.59 Å². The van der Waals surface area contributed by atoms with E-state index < -0.39 is 12.0 Å². The molecule has 0 saturated heterocycles. The SMILES string of the molecule is CCOC(=O)C1=C(C)N=c2s/c(=C\c3cc4c(cc3Br)OCO4)c(=O)n2[C@H]1c1ccc(Cl)cc1. The number of carbonyl (C=O) groups is 1. The first-order valence-corrected chi connectivity index (χ1v) is 12.4. The summed E-state index contributed by atoms with van der Waals surface area (Å²) >= 11 is 10.9. The molecule has 1 atom stereocenters. The Hall–Kier alpha value is -2.88. The highest BCUT2D eigenvalue weighted by atomic mass is 79.9. The van der Waals surface area contributed by atoms with Crippen LogP contribution in [-0.4, -0.2) is 23.9 Å². The largest absolute Gasteiger partial charge is 0.463 e. The van der Waals surface area contributed by atoms with E-state index >= 15 is 0 Å². The van der Waals surface area contributed by atoms with Gasteiger partial charge in [-0.3, -0.25) is 9.36 Å². The molecule has 3 heterocycles. The molecule has 0 saturated carbocycles. The van der Waals surface area contributed by atoms with Crippen molar-refractivity contribution in [3.63, 3.8) is 0 Å². The van der Waals surface area contributed by atoms with Crippen molar-refractivity contribution in [2.24, 2.45) is 4.99 Å². The third kappa shape index (κ3) is 3.97. The first-order chi connectivity index (χ1) is 16.4. The Bertz CT molecular complexity index is 1520. The predicted octanol–water partition coefficient (Wildman–Crippen LogP) is 3.94. The van der Waals surface area contributed by atoms with Crippen LogP contribution in [0.5, 0.6) is 11.5 Å². The molecular formula is C24H18BrClN2O5S. The van der Waals surface area contributed by atoms with Gasteiger partial charge in [0.05, 0.1) is 28.5 Å². The number of esters is 1. The molecule has 10 heteroatoms. The fourth-order valence-electron chi connectivity index (χ4n) is 3.94. The van der Waals surface area contributed by atoms with Gasteiger partial charge in [-0.2, -0.15) is 0 Å². The molecule has 0 bridgehead atoms. The second kappa shape index (κ2) is 9.05. The summed E-state index contributed by atoms with van der Waals surface area (Å²) in [5.41, 5.74) is 2.07. The molecule has 0 aliphatic carbocycles. The van der Waals surface area contributed by atoms with Crippen LogP contribution in [0.2, 0.25) is 5.02 Å². The summed E-state index contributed by atoms with van der Waals surface area (Å²) in [4.78, 5) is 31.7. The van der Waals surface area contributed by atoms with Crippen molar-refractivity contribution in [1.82, 2.24) is 4.57 Å². The number of carbonyl (C=O) groups excluding carboxylic acids is 1. The molecule has 0 N–H and O–H groups in total. The van der Waals surface area contributed by atoms with E-state index in [4.69, 9.17) is 25.8 Å². The molecule has 2 aliphatic heterocycles. The van der Waals surface area contributed by atoms with Crippen molar-refractivity contribution < 1.29 is 19.0 Å². The Kier molecular flexibility index (Phi) is 6.09. The lowest BCUT2D eigenvalue weighted by atomic mass is 9.96. The molecule has 0 unspecified atom stereocenters. The van der Waals surface area contributed by atoms with Crippen LogP contribution in [0, 0.1) is 0 Å². The molecule has 0 radical (unpaired) electrons. The fraction of sp³-hybridized carbons (Fsp3) is 0.208. The number of fused-ring (bicyclic) bond motifs is 2. The Morgan fingerprint density at radius 3 is 2.71 bits per heavy atom. The van der Waals surface area contributed by atoms with Gasteiger partial charge in [-0.25, -0.2) is 9.79 Å². The summed E-state index contributed by atoms with van der Waals surface area (Å²) in [7, 11) is 0. The van der Waals surface area contributed by atoms with Crippen LogP contribution in [0.1, 0.15) is 31.0 Å². The van der Waals surface area contributed by atoms with Gasteiger partial charge in [0.15, 0.2) is 16.3 Å². The number of ether oxygens (including phenoxy) is 3. The first-order valence-electron chi connectivity index (χ1n) is 10.4. The minimum Gasteiger partial charge on any atom is -0.463 e. The van der Waals surface area contributed by atoms with Crippen LogP contribution >= 0.6 is 38.9 Å². The van der Waals surface area contributed by atoms with Gasteiger partial charge in [0.25, 0.3) is 5.56 Å². The first kappa shape index (κ1) is 22.9. The van der Waals surface area contributed by atoms with Gasteiger partial charge < -0.3 is 14.2 Å². The fourth-order valence-corrected chi connectivity index (χ4v) is 5.54. The predicted molar refractivity (Wildman–Crippen MR) is 132 cm³/mol. The molecule has 5 rings (SSSR count). The third-order valence-corrected chi connectivity index (χ3v) is 7.40. The summed E-state index contributed by atoms with van der Waals surface area (Å²) in [6, 6.07) is 10.0. The third-order valence-electron chi connectivity index (χ3n) is 5.48. The maximum atomic E-state index is 13.7. The zero-order chi connectivity index (χ0) is 24.0. The molecule has 3 aromatic rings. The highest BCUT2D eigenvalue weighted by molar-refractivity contribution is 9.10. The highest BCUT2D eigenvalue weighted by Gasteiger charge is 2.33. The topological polar surface area (TPSA) is 79.1 Å². The lowest BCUT2D eigenvalue weighted by Gasteiger charge is -2.24. The van der Waals surface area contributed by atoms with Crippen LogP contribution < -0.4 is 24.4 Å². The molecular weight excluding hydrogens is 544 g/mol. The number of halogens is 2. The summed E-state index contributed by atoms with van der Waals surface area (Å²) in [5.74, 6) is 0.751. The van der Waals surface area contributed by atoms with E-state index in [2.05, 4.69) is 20.9 Å². The number of benzene rings is 2. The smallest absolute Gasteiger partial charge is 0.338 e. The highest BCUT2D eigenvalue weighted by Crippen LogP contribution is 2.37. The second-order valence-corrected chi connectivity index (χ2v) is 9.88. The van der Waals surface area contributed by atoms with Gasteiger partial charge in [0, 0.05) is 9.50 Å². The van der Waals surface area contributed by atoms with Gasteiger partial charge in [0.1, 0.15) is 0 Å². The number of hydrogen-bond acceptors (Lipinski definition) is 7. The average molecular weight is 562 g/mol. The second-order valence-electron chi connectivity index (χ2n) is 7.58. The van der Waals surface area contributed by atoms with Gasteiger partial charge in [-0.05, 0) is 55.3 Å². The van der Waals surface area contributed by atoms with Crippen molar-refractivity contribution >= 4 is 50.9 Å². The van der Waals surface area contributed by atoms with Gasteiger partial charge in [-0.15, -0.1) is 0 Å². The van der Waals surface area contributed by atoms with E-state index in [1.165, 1.54) is 11.3 Å². The van der Waals surface area contributed by atoms with E-state index in [1.54, 1.807) is 48.8 Å². The zero-order valence-corrected chi connectivity index (χ0v) is 21.3. The summed E-state index contributed by atoms with van der Waals surface area (Å²) in [5, 5.41) is 0.558. The van der Waals surface area contributed by atoms with Crippen LogP contribution in [0.15, 0.2) is 61.9 Å². The maximum absolute atomic E-state index is 13.7. The Balaban J connectivity index is 1.71. The van der Waals surface area contributed by atoms with Gasteiger partial charge >= 0.3 is 5.97 Å². The summed E-state index contributed by atoms with van der Waals surface area (Å²) < 4.78 is 19.0. The van der Waals surface area contributed by atoms with E-state index in [1.807, 2.05) is 12.1 Å². The molecule has 2 aromatic carbocycles. The number of thiazole rings is 1. The van der Waals surface area contributed by atoms with Crippen LogP contribution in [0.4, 0.5) is 0 Å². The van der Waals surface area contributed by atoms with Crippen LogP contribution in [0.25, 0.3) is 6.08 Å². The number of aromatic nitrogens is 1. The molecule has 0 fully saturated rings. The van der Waals surface area contributed by atoms with Crippen molar-refractivity contribution in [1.29, 1.82) is 0 Å². The molecule has 7 nitrogen and oxygen atoms in total. The molecule has 0 amide bonds. The number of hydrogen-bond donors (Lipinski definition) is 0. The Morgan fingerprint density at radius 1 is 1.29 bits per heavy atom. The quantitative estimate of drug-likeness (QED) is 0.451. The molecule has 0 spiro atoms. The molecule has 34 heavy (non-hydrogen) atoms. The van der Waals surface area contributed by atoms with Crippen LogP contribution in [0.3, 0.4) is 0 Å². The van der Waals surface area contributed by atoms with Crippen molar-refractivity contribution in [2.45, 2.75) is 19.9 Å². The van der Waals surface area contributed by atoms with E-state index in [0.717, 1.165) is 15.6 Å². The lowest BCUT2D eigenvalue weighted by Crippen LogP contribution is -2.39. The van der Waals surface area contributed by atoms with Gasteiger partial charge in [0.2, 0.25) is 6.79 Å². The number of nitrogens with zero attached hydrogens (tertiary/aromatic N) is 2. The average Bonchev–Trinajstić information content (AvgIpc) is 3.37. The lowest BCUT2D eigenvalue weighted by molar-refractivity contribution is -0.139. The molecule has 174 valence electrons. The Morgan fingerprint density at radius 2 is 2.00 bits per heavy atom. The molecule has 2 aliphatic rings. The van der Waals surface area contributed by atoms with Crippen molar-refractivity contribution in [3.05, 3.63) is 88.0 Å². The van der Waals surface area contributed by atoms with Gasteiger partial charge in [-0.1, -0.05) is 51.0 Å². The van der Waals surface area contributed by atoms with E-state index in [-0.39, 0.29) is 19.0 Å². The summed E-state index contributed by atoms with van der Waals surface area (Å²) in [6.07, 6.45) is 1.78. The number of rotatable bonds is 4. The monoisotopic (exact) mass is 560 g/mol. The number of allylic oxidation sites excluding steroid dienone is 1. The Labute approximate surface area is 211 Å². The maximum Gasteiger partial charge on any atom is 0.338 e. The standard InChI is InChI=1S/C24H18BrClN2O5S/c1-3-31-23(30)20-12(2)27-24-28(21(20)13-4-6-15(26)7-5-13)22(29)19(34-24)9-14-8-17-18(10-16(14)25)33-11-32-17/h4-10,21H,3,11H2,1-2H3/b19-9-/t21-/m0/s1. The van der Waals surface area contributed by atoms with Crippen molar-refractivity contribution in [3.8, 4) is 11.5 Å². The molecule has 1 aromatic heterocycles. The minimum atomic E-state index is -0.685. The summed E-state index contributed by atoms with van der Waals surface area (Å²) in [6.45, 7) is 3.86. The normalized spacial score (nSPS) is 16.9. The zero-order valence-electron chi connectivity index (χ0n) is 18.1.